The van der Waals surface area contributed by atoms with Gasteiger partial charge in [0.05, 0.1) is 11.9 Å². The Kier molecular flexibility index (Phi) is 4.13. The van der Waals surface area contributed by atoms with Crippen LogP contribution in [0.4, 0.5) is 15.8 Å². The van der Waals surface area contributed by atoms with Crippen molar-refractivity contribution >= 4 is 17.6 Å². The van der Waals surface area contributed by atoms with Crippen LogP contribution in [0.3, 0.4) is 0 Å². The van der Waals surface area contributed by atoms with Crippen molar-refractivity contribution < 1.29 is 4.39 Å². The Morgan fingerprint density at radius 3 is 2.21 bits per heavy atom. The Bertz CT molecular complexity index is 545. The van der Waals surface area contributed by atoms with Crippen molar-refractivity contribution in [1.82, 2.24) is 0 Å². The number of benzene rings is 2. The molecule has 0 amide bonds. The number of nitrogens with zero attached hydrogens (tertiary/aromatic N) is 2. The first kappa shape index (κ1) is 13.1. The Hall–Kier alpha value is -2.36. The summed E-state index contributed by atoms with van der Waals surface area (Å²) in [7, 11) is 4.00. The molecule has 19 heavy (non-hydrogen) atoms. The van der Waals surface area contributed by atoms with Gasteiger partial charge in [0.1, 0.15) is 5.82 Å². The second kappa shape index (κ2) is 6.00. The summed E-state index contributed by atoms with van der Waals surface area (Å²) < 4.78 is 12.7. The lowest BCUT2D eigenvalue weighted by Gasteiger charge is -2.11. The summed E-state index contributed by atoms with van der Waals surface area (Å²) in [5.41, 5.74) is 5.74. The Balaban J connectivity index is 1.97. The third-order valence-electron chi connectivity index (χ3n) is 2.66. The fourth-order valence-corrected chi connectivity index (χ4v) is 1.56. The van der Waals surface area contributed by atoms with E-state index in [4.69, 9.17) is 0 Å². The molecule has 3 nitrogen and oxygen atoms in total. The number of hydrogen-bond donors (Lipinski definition) is 1. The topological polar surface area (TPSA) is 27.6 Å². The maximum Gasteiger partial charge on any atom is 0.123 e. The molecule has 0 aliphatic rings. The molecule has 0 aliphatic heterocycles. The highest BCUT2D eigenvalue weighted by Gasteiger charge is 1.94. The van der Waals surface area contributed by atoms with Gasteiger partial charge in [-0.25, -0.2) is 4.39 Å². The molecule has 2 aromatic carbocycles. The summed E-state index contributed by atoms with van der Waals surface area (Å²) in [6.45, 7) is 0. The molecule has 0 spiro atoms. The number of nitrogens with one attached hydrogen (secondary N) is 1. The fourth-order valence-electron chi connectivity index (χ4n) is 1.56. The predicted molar refractivity (Wildman–Crippen MR) is 78.4 cm³/mol. The average Bonchev–Trinajstić information content (AvgIpc) is 2.41. The predicted octanol–water partition coefficient (Wildman–Crippen LogP) is 3.34. The molecule has 0 aromatic heterocycles. The minimum atomic E-state index is -0.256. The van der Waals surface area contributed by atoms with E-state index in [9.17, 15) is 4.39 Å². The Morgan fingerprint density at radius 2 is 1.63 bits per heavy atom. The van der Waals surface area contributed by atoms with Crippen LogP contribution in [0.5, 0.6) is 0 Å². The number of hydrogen-bond acceptors (Lipinski definition) is 3. The van der Waals surface area contributed by atoms with E-state index in [1.807, 2.05) is 43.3 Å². The van der Waals surface area contributed by atoms with Gasteiger partial charge in [-0.3, -0.25) is 5.43 Å². The minimum absolute atomic E-state index is 0.256. The summed E-state index contributed by atoms with van der Waals surface area (Å²) in [5.74, 6) is -0.256. The van der Waals surface area contributed by atoms with Crippen molar-refractivity contribution in [1.29, 1.82) is 0 Å². The van der Waals surface area contributed by atoms with Crippen molar-refractivity contribution in [3.8, 4) is 0 Å². The molecule has 0 saturated carbocycles. The molecular weight excluding hydrogens is 241 g/mol. The van der Waals surface area contributed by atoms with Crippen LogP contribution in [-0.2, 0) is 0 Å². The molecular formula is C15H16FN3. The normalized spacial score (nSPS) is 10.7. The van der Waals surface area contributed by atoms with Gasteiger partial charge in [0.15, 0.2) is 0 Å². The monoisotopic (exact) mass is 257 g/mol. The quantitative estimate of drug-likeness (QED) is 0.672. The standard InChI is InChI=1S/C15H16FN3/c1-19(2)15-9-3-12(4-10-15)11-17-18-14-7-5-13(16)6-8-14/h3-11,18H,1-2H3/b17-11-. The number of anilines is 2. The van der Waals surface area contributed by atoms with Crippen LogP contribution in [0, 0.1) is 5.82 Å². The maximum atomic E-state index is 12.7. The summed E-state index contributed by atoms with van der Waals surface area (Å²) >= 11 is 0. The zero-order valence-electron chi connectivity index (χ0n) is 11.0. The summed E-state index contributed by atoms with van der Waals surface area (Å²) in [4.78, 5) is 2.04. The zero-order valence-corrected chi connectivity index (χ0v) is 11.0. The Labute approximate surface area is 112 Å². The third-order valence-corrected chi connectivity index (χ3v) is 2.66. The van der Waals surface area contributed by atoms with Gasteiger partial charge in [-0.2, -0.15) is 5.10 Å². The summed E-state index contributed by atoms with van der Waals surface area (Å²) in [5, 5.41) is 4.10. The van der Waals surface area contributed by atoms with Crippen molar-refractivity contribution in [3.05, 3.63) is 59.9 Å². The molecule has 0 atom stereocenters. The van der Waals surface area contributed by atoms with Crippen molar-refractivity contribution in [2.75, 3.05) is 24.4 Å². The van der Waals surface area contributed by atoms with Gasteiger partial charge in [0, 0.05) is 19.8 Å². The largest absolute Gasteiger partial charge is 0.378 e. The van der Waals surface area contributed by atoms with Crippen molar-refractivity contribution in [3.63, 3.8) is 0 Å². The van der Waals surface area contributed by atoms with Crippen LogP contribution < -0.4 is 10.3 Å². The van der Waals surface area contributed by atoms with Gasteiger partial charge in [-0.1, -0.05) is 12.1 Å². The van der Waals surface area contributed by atoms with Gasteiger partial charge in [0.25, 0.3) is 0 Å². The van der Waals surface area contributed by atoms with E-state index in [0.717, 1.165) is 16.9 Å². The fraction of sp³-hybridized carbons (Fsp3) is 0.133. The van der Waals surface area contributed by atoms with E-state index >= 15 is 0 Å². The number of hydrazone groups is 1. The van der Waals surface area contributed by atoms with Crippen molar-refractivity contribution in [2.45, 2.75) is 0 Å². The second-order valence-electron chi connectivity index (χ2n) is 4.36. The molecule has 1 N–H and O–H groups in total. The number of halogens is 1. The van der Waals surface area contributed by atoms with E-state index in [0.29, 0.717) is 0 Å². The van der Waals surface area contributed by atoms with Crippen LogP contribution in [0.25, 0.3) is 0 Å². The van der Waals surface area contributed by atoms with Crippen LogP contribution >= 0.6 is 0 Å². The zero-order chi connectivity index (χ0) is 13.7. The van der Waals surface area contributed by atoms with E-state index in [2.05, 4.69) is 10.5 Å². The van der Waals surface area contributed by atoms with Gasteiger partial charge in [0.2, 0.25) is 0 Å². The van der Waals surface area contributed by atoms with E-state index in [1.165, 1.54) is 12.1 Å². The van der Waals surface area contributed by atoms with E-state index in [1.54, 1.807) is 18.3 Å². The molecule has 0 aliphatic carbocycles. The lowest BCUT2D eigenvalue weighted by atomic mass is 10.2. The highest BCUT2D eigenvalue weighted by Crippen LogP contribution is 2.11. The third kappa shape index (κ3) is 3.81. The molecule has 0 fully saturated rings. The molecule has 0 bridgehead atoms. The van der Waals surface area contributed by atoms with Gasteiger partial charge in [-0.15, -0.1) is 0 Å². The molecule has 2 rings (SSSR count). The first-order chi connectivity index (χ1) is 9.15. The average molecular weight is 257 g/mol. The molecule has 2 aromatic rings. The van der Waals surface area contributed by atoms with Crippen LogP contribution in [0.2, 0.25) is 0 Å². The Morgan fingerprint density at radius 1 is 1.00 bits per heavy atom. The summed E-state index contributed by atoms with van der Waals surface area (Å²) in [6, 6.07) is 14.1. The smallest absolute Gasteiger partial charge is 0.123 e. The molecule has 0 unspecified atom stereocenters. The summed E-state index contributed by atoms with van der Waals surface area (Å²) in [6.07, 6.45) is 1.72. The molecule has 0 radical (unpaired) electrons. The molecule has 0 heterocycles. The SMILES string of the molecule is CN(C)c1ccc(/C=N\Nc2ccc(F)cc2)cc1. The lowest BCUT2D eigenvalue weighted by Crippen LogP contribution is -2.08. The van der Waals surface area contributed by atoms with Crippen LogP contribution in [0.15, 0.2) is 53.6 Å². The molecule has 98 valence electrons. The highest BCUT2D eigenvalue weighted by molar-refractivity contribution is 5.80. The van der Waals surface area contributed by atoms with Crippen molar-refractivity contribution in [2.24, 2.45) is 5.10 Å². The maximum absolute atomic E-state index is 12.7. The van der Waals surface area contributed by atoms with Crippen LogP contribution in [0.1, 0.15) is 5.56 Å². The van der Waals surface area contributed by atoms with Gasteiger partial charge in [-0.05, 0) is 42.0 Å². The number of rotatable bonds is 4. The van der Waals surface area contributed by atoms with Crippen LogP contribution in [-0.4, -0.2) is 20.3 Å². The molecule has 0 saturated heterocycles. The van der Waals surface area contributed by atoms with Gasteiger partial charge >= 0.3 is 0 Å². The minimum Gasteiger partial charge on any atom is -0.378 e. The lowest BCUT2D eigenvalue weighted by molar-refractivity contribution is 0.628. The van der Waals surface area contributed by atoms with E-state index in [-0.39, 0.29) is 5.82 Å². The second-order valence-corrected chi connectivity index (χ2v) is 4.36. The van der Waals surface area contributed by atoms with Gasteiger partial charge < -0.3 is 4.90 Å². The molecule has 4 heteroatoms. The first-order valence-electron chi connectivity index (χ1n) is 5.97. The van der Waals surface area contributed by atoms with E-state index < -0.39 is 0 Å². The first-order valence-corrected chi connectivity index (χ1v) is 5.97. The highest BCUT2D eigenvalue weighted by atomic mass is 19.1.